The number of carbonyl (C=O) groups excluding carboxylic acids is 1. The molecule has 1 amide bonds. The minimum atomic E-state index is -4.49. The Morgan fingerprint density at radius 2 is 1.97 bits per heavy atom. The first kappa shape index (κ1) is 25.3. The van der Waals surface area contributed by atoms with Crippen molar-refractivity contribution < 1.29 is 28.2 Å². The zero-order chi connectivity index (χ0) is 25.4. The maximum absolute atomic E-state index is 13.1. The van der Waals surface area contributed by atoms with Crippen molar-refractivity contribution >= 4 is 22.6 Å². The van der Waals surface area contributed by atoms with Gasteiger partial charge >= 0.3 is 6.18 Å². The first-order valence-electron chi connectivity index (χ1n) is 11.6. The Morgan fingerprint density at radius 1 is 1.29 bits per heavy atom. The van der Waals surface area contributed by atoms with Crippen molar-refractivity contribution in [3.8, 4) is 0 Å². The number of aliphatic hydroxyl groups is 2. The van der Waals surface area contributed by atoms with Crippen molar-refractivity contribution in [1.82, 2.24) is 20.2 Å². The highest BCUT2D eigenvalue weighted by Gasteiger charge is 2.43. The largest absolute Gasteiger partial charge is 0.416 e. The van der Waals surface area contributed by atoms with E-state index >= 15 is 0 Å². The van der Waals surface area contributed by atoms with Crippen molar-refractivity contribution in [3.05, 3.63) is 42.2 Å². The Labute approximate surface area is 201 Å². The zero-order valence-corrected chi connectivity index (χ0v) is 19.5. The molecule has 4 rings (SSSR count). The highest BCUT2D eigenvalue weighted by molar-refractivity contribution is 5.91. The predicted octanol–water partition coefficient (Wildman–Crippen LogP) is 2.47. The number of hydrogen-bond donors (Lipinski definition) is 4. The van der Waals surface area contributed by atoms with Crippen molar-refractivity contribution in [1.29, 1.82) is 0 Å². The Morgan fingerprint density at radius 3 is 2.60 bits per heavy atom. The minimum Gasteiger partial charge on any atom is -0.387 e. The highest BCUT2D eigenvalue weighted by Crippen LogP contribution is 2.36. The maximum Gasteiger partial charge on any atom is 0.416 e. The number of rotatable bonds is 7. The molecular weight excluding hydrogens is 463 g/mol. The van der Waals surface area contributed by atoms with Crippen LogP contribution in [0.15, 0.2) is 36.7 Å². The van der Waals surface area contributed by atoms with E-state index in [-0.39, 0.29) is 35.7 Å². The number of nitrogens with zero attached hydrogens (tertiary/aromatic N) is 3. The molecular formula is C24H30F3N5O3. The van der Waals surface area contributed by atoms with Crippen molar-refractivity contribution in [2.45, 2.75) is 62.6 Å². The van der Waals surface area contributed by atoms with Crippen LogP contribution in [0.2, 0.25) is 0 Å². The molecule has 4 N–H and O–H groups in total. The number of likely N-dealkylation sites (tertiary alicyclic amines) is 1. The van der Waals surface area contributed by atoms with Crippen LogP contribution >= 0.6 is 0 Å². The Bertz CT molecular complexity index is 1100. The Balaban J connectivity index is 1.25. The number of fused-ring (bicyclic) bond motifs is 1. The summed E-state index contributed by atoms with van der Waals surface area (Å²) >= 11 is 0. The molecule has 1 saturated carbocycles. The minimum absolute atomic E-state index is 0.0231. The fourth-order valence-electron chi connectivity index (χ4n) is 4.92. The second kappa shape index (κ2) is 9.71. The van der Waals surface area contributed by atoms with Crippen LogP contribution < -0.4 is 10.6 Å². The van der Waals surface area contributed by atoms with E-state index in [9.17, 15) is 28.2 Å². The molecule has 1 aromatic heterocycles. The summed E-state index contributed by atoms with van der Waals surface area (Å²) in [6, 6.07) is 3.47. The van der Waals surface area contributed by atoms with Gasteiger partial charge in [0.25, 0.3) is 0 Å². The molecule has 35 heavy (non-hydrogen) atoms. The van der Waals surface area contributed by atoms with Gasteiger partial charge in [-0.05, 0) is 56.4 Å². The number of nitrogens with one attached hydrogen (secondary N) is 2. The van der Waals surface area contributed by atoms with Crippen molar-refractivity contribution in [2.75, 3.05) is 25.0 Å². The molecule has 2 aliphatic rings. The number of benzene rings is 1. The van der Waals surface area contributed by atoms with Gasteiger partial charge < -0.3 is 20.8 Å². The topological polar surface area (TPSA) is 111 Å². The molecule has 2 fully saturated rings. The van der Waals surface area contributed by atoms with Crippen LogP contribution in [0.3, 0.4) is 0 Å². The Hall–Kier alpha value is -2.76. The van der Waals surface area contributed by atoms with Crippen LogP contribution in [0, 0.1) is 0 Å². The van der Waals surface area contributed by atoms with E-state index < -0.39 is 23.4 Å². The van der Waals surface area contributed by atoms with Gasteiger partial charge in [-0.2, -0.15) is 13.2 Å². The van der Waals surface area contributed by atoms with Gasteiger partial charge in [0.2, 0.25) is 5.91 Å². The van der Waals surface area contributed by atoms with Gasteiger partial charge in [0, 0.05) is 24.5 Å². The second-order valence-electron chi connectivity index (χ2n) is 9.61. The third kappa shape index (κ3) is 5.57. The average Bonchev–Trinajstić information content (AvgIpc) is 2.79. The van der Waals surface area contributed by atoms with Gasteiger partial charge in [0.15, 0.2) is 0 Å². The van der Waals surface area contributed by atoms with E-state index in [0.717, 1.165) is 25.0 Å². The van der Waals surface area contributed by atoms with Gasteiger partial charge in [-0.25, -0.2) is 9.97 Å². The van der Waals surface area contributed by atoms with E-state index in [1.165, 1.54) is 12.4 Å². The number of halogens is 3. The number of alkyl halides is 3. The number of carbonyl (C=O) groups is 1. The summed E-state index contributed by atoms with van der Waals surface area (Å²) in [5.41, 5.74) is -1.03. The van der Waals surface area contributed by atoms with Crippen molar-refractivity contribution in [2.24, 2.45) is 0 Å². The Kier molecular flexibility index (Phi) is 7.03. The van der Waals surface area contributed by atoms with Gasteiger partial charge in [0.1, 0.15) is 18.2 Å². The number of anilines is 1. The summed E-state index contributed by atoms with van der Waals surface area (Å²) in [5, 5.41) is 26.8. The van der Waals surface area contributed by atoms with Crippen LogP contribution in [0.1, 0.15) is 38.2 Å². The van der Waals surface area contributed by atoms with Crippen LogP contribution in [-0.2, 0) is 11.0 Å². The van der Waals surface area contributed by atoms with E-state index in [2.05, 4.69) is 32.1 Å². The quantitative estimate of drug-likeness (QED) is 0.439. The standard InChI is InChI=1S/C24H30F3N5O3/c1-14(2)21(34)23(35)7-5-17(6-8-23)32-11-16(12-32)31-20(33)10-28-22-18-9-15(24(25,26)27)3-4-19(18)29-13-30-22/h3-4,9,13,16-17,21,34-35H,1,5-8,10-12H2,2H3,(H,31,33)(H,28,29,30)/t17-,21?,23-. The third-order valence-corrected chi connectivity index (χ3v) is 6.97. The number of hydrogen-bond acceptors (Lipinski definition) is 7. The lowest BCUT2D eigenvalue weighted by Gasteiger charge is -2.49. The summed E-state index contributed by atoms with van der Waals surface area (Å²) in [5.74, 6) is -0.117. The molecule has 1 aromatic carbocycles. The molecule has 190 valence electrons. The molecule has 1 atom stereocenters. The molecule has 0 spiro atoms. The normalized spacial score (nSPS) is 24.6. The molecule has 1 aliphatic carbocycles. The van der Waals surface area contributed by atoms with Crippen LogP contribution in [0.5, 0.6) is 0 Å². The SMILES string of the molecule is C=C(C)C(O)[C@]1(O)CC[C@H](N2CC(NC(=O)CNc3ncnc4ccc(C(F)(F)F)cc34)C2)CC1. The van der Waals surface area contributed by atoms with Gasteiger partial charge in [0.05, 0.1) is 29.3 Å². The molecule has 2 heterocycles. The lowest BCUT2D eigenvalue weighted by molar-refractivity contribution is -0.137. The number of amides is 1. The zero-order valence-electron chi connectivity index (χ0n) is 19.5. The molecule has 1 aliphatic heterocycles. The van der Waals surface area contributed by atoms with E-state index in [1.807, 2.05) is 0 Å². The molecule has 1 saturated heterocycles. The van der Waals surface area contributed by atoms with Crippen molar-refractivity contribution in [3.63, 3.8) is 0 Å². The predicted molar refractivity (Wildman–Crippen MR) is 125 cm³/mol. The summed E-state index contributed by atoms with van der Waals surface area (Å²) in [4.78, 5) is 22.6. The first-order valence-corrected chi connectivity index (χ1v) is 11.6. The fraction of sp³-hybridized carbons (Fsp3) is 0.542. The average molecular weight is 494 g/mol. The monoisotopic (exact) mass is 493 g/mol. The molecule has 8 nitrogen and oxygen atoms in total. The van der Waals surface area contributed by atoms with Gasteiger partial charge in [-0.1, -0.05) is 6.58 Å². The lowest BCUT2D eigenvalue weighted by atomic mass is 9.76. The number of aliphatic hydroxyl groups excluding tert-OH is 1. The van der Waals surface area contributed by atoms with E-state index in [1.54, 1.807) is 6.92 Å². The number of aromatic nitrogens is 2. The van der Waals surface area contributed by atoms with E-state index in [4.69, 9.17) is 0 Å². The summed E-state index contributed by atoms with van der Waals surface area (Å²) in [6.45, 7) is 6.68. The van der Waals surface area contributed by atoms with Crippen LogP contribution in [0.25, 0.3) is 10.9 Å². The van der Waals surface area contributed by atoms with Gasteiger partial charge in [-0.15, -0.1) is 0 Å². The smallest absolute Gasteiger partial charge is 0.387 e. The molecule has 1 unspecified atom stereocenters. The molecule has 0 radical (unpaired) electrons. The fourth-order valence-corrected chi connectivity index (χ4v) is 4.92. The third-order valence-electron chi connectivity index (χ3n) is 6.97. The van der Waals surface area contributed by atoms with Gasteiger partial charge in [-0.3, -0.25) is 9.69 Å². The van der Waals surface area contributed by atoms with Crippen LogP contribution in [0.4, 0.5) is 19.0 Å². The lowest BCUT2D eigenvalue weighted by Crippen LogP contribution is -2.63. The van der Waals surface area contributed by atoms with Crippen LogP contribution in [-0.4, -0.2) is 74.4 Å². The summed E-state index contributed by atoms with van der Waals surface area (Å²) in [6.07, 6.45) is -1.69. The molecule has 11 heteroatoms. The maximum atomic E-state index is 13.1. The molecule has 2 aromatic rings. The highest BCUT2D eigenvalue weighted by atomic mass is 19.4. The first-order chi connectivity index (χ1) is 16.5. The van der Waals surface area contributed by atoms with E-state index in [0.29, 0.717) is 37.0 Å². The second-order valence-corrected chi connectivity index (χ2v) is 9.61. The summed E-state index contributed by atoms with van der Waals surface area (Å²) in [7, 11) is 0. The molecule has 0 bridgehead atoms. The summed E-state index contributed by atoms with van der Waals surface area (Å²) < 4.78 is 39.2.